The summed E-state index contributed by atoms with van der Waals surface area (Å²) in [5.41, 5.74) is 1.11. The van der Waals surface area contributed by atoms with Gasteiger partial charge in [0.05, 0.1) is 10.9 Å². The number of nitrogens with one attached hydrogen (secondary N) is 1. The van der Waals surface area contributed by atoms with Crippen LogP contribution in [0.4, 0.5) is 0 Å². The summed E-state index contributed by atoms with van der Waals surface area (Å²) in [5.74, 6) is 1.75. The second kappa shape index (κ2) is 7.67. The molecule has 1 aromatic heterocycles. The molecule has 0 radical (unpaired) electrons. The second-order valence-electron chi connectivity index (χ2n) is 4.25. The first-order chi connectivity index (χ1) is 9.72. The van der Waals surface area contributed by atoms with Crippen LogP contribution in [0.3, 0.4) is 0 Å². The Morgan fingerprint density at radius 2 is 2.10 bits per heavy atom. The number of benzene rings is 1. The van der Waals surface area contributed by atoms with E-state index in [1.807, 2.05) is 24.3 Å². The van der Waals surface area contributed by atoms with Crippen LogP contribution in [-0.4, -0.2) is 13.7 Å². The van der Waals surface area contributed by atoms with Crippen molar-refractivity contribution in [3.05, 3.63) is 44.6 Å². The van der Waals surface area contributed by atoms with E-state index in [2.05, 4.69) is 34.2 Å². The molecule has 1 heterocycles. The minimum atomic E-state index is 0.585. The van der Waals surface area contributed by atoms with Gasteiger partial charge >= 0.3 is 0 Å². The number of rotatable bonds is 7. The van der Waals surface area contributed by atoms with E-state index in [4.69, 9.17) is 9.47 Å². The van der Waals surface area contributed by atoms with E-state index in [-0.39, 0.29) is 0 Å². The fraction of sp³-hybridized carbons (Fsp3) is 0.333. The van der Waals surface area contributed by atoms with Crippen molar-refractivity contribution in [2.24, 2.45) is 0 Å². The van der Waals surface area contributed by atoms with Gasteiger partial charge < -0.3 is 14.8 Å². The normalized spacial score (nSPS) is 10.6. The van der Waals surface area contributed by atoms with Crippen molar-refractivity contribution in [2.75, 3.05) is 13.7 Å². The van der Waals surface area contributed by atoms with Gasteiger partial charge in [-0.25, -0.2) is 0 Å². The smallest absolute Gasteiger partial charge is 0.124 e. The molecule has 0 bridgehead atoms. The highest BCUT2D eigenvalue weighted by atomic mass is 79.9. The van der Waals surface area contributed by atoms with Crippen LogP contribution in [0.25, 0.3) is 0 Å². The van der Waals surface area contributed by atoms with Crippen molar-refractivity contribution in [2.45, 2.75) is 20.1 Å². The number of ether oxygens (including phenoxy) is 2. The van der Waals surface area contributed by atoms with Gasteiger partial charge in [-0.3, -0.25) is 0 Å². The minimum absolute atomic E-state index is 0.585. The molecule has 0 atom stereocenters. The lowest BCUT2D eigenvalue weighted by Gasteiger charge is -2.12. The van der Waals surface area contributed by atoms with Crippen LogP contribution in [0.15, 0.2) is 34.1 Å². The lowest BCUT2D eigenvalue weighted by atomic mass is 10.2. The molecular formula is C15H18BrNO2S. The average molecular weight is 356 g/mol. The van der Waals surface area contributed by atoms with E-state index in [1.54, 1.807) is 18.4 Å². The molecule has 0 unspecified atom stereocenters. The summed E-state index contributed by atoms with van der Waals surface area (Å²) in [6.07, 6.45) is 0. The number of hydrogen-bond acceptors (Lipinski definition) is 4. The molecule has 0 aliphatic carbocycles. The summed E-state index contributed by atoms with van der Waals surface area (Å²) >= 11 is 5.15. The first kappa shape index (κ1) is 15.4. The first-order valence-electron chi connectivity index (χ1n) is 6.47. The predicted molar refractivity (Wildman–Crippen MR) is 86.7 cm³/mol. The molecule has 0 aliphatic heterocycles. The molecule has 0 aliphatic rings. The zero-order chi connectivity index (χ0) is 14.4. The molecule has 0 spiro atoms. The van der Waals surface area contributed by atoms with E-state index in [1.165, 1.54) is 4.88 Å². The van der Waals surface area contributed by atoms with Gasteiger partial charge in [0.25, 0.3) is 0 Å². The van der Waals surface area contributed by atoms with Gasteiger partial charge in [0, 0.05) is 17.0 Å². The Hall–Kier alpha value is -1.04. The molecule has 0 saturated carbocycles. The first-order valence-corrected chi connectivity index (χ1v) is 8.08. The van der Waals surface area contributed by atoms with Gasteiger partial charge in [-0.1, -0.05) is 6.92 Å². The number of hydrogen-bond donors (Lipinski definition) is 1. The van der Waals surface area contributed by atoms with Crippen LogP contribution in [0.1, 0.15) is 17.4 Å². The summed E-state index contributed by atoms with van der Waals surface area (Å²) in [7, 11) is 1.68. The Balaban J connectivity index is 2.08. The molecular weight excluding hydrogens is 338 g/mol. The molecule has 3 nitrogen and oxygen atoms in total. The molecule has 0 fully saturated rings. The Kier molecular flexibility index (Phi) is 5.88. The third-order valence-corrected chi connectivity index (χ3v) is 4.43. The van der Waals surface area contributed by atoms with E-state index < -0.39 is 0 Å². The van der Waals surface area contributed by atoms with E-state index >= 15 is 0 Å². The molecule has 2 rings (SSSR count). The van der Waals surface area contributed by atoms with Crippen LogP contribution < -0.4 is 14.8 Å². The lowest BCUT2D eigenvalue weighted by molar-refractivity contribution is 0.304. The average Bonchev–Trinajstić information content (AvgIpc) is 2.89. The highest BCUT2D eigenvalue weighted by Crippen LogP contribution is 2.27. The maximum Gasteiger partial charge on any atom is 0.124 e. The van der Waals surface area contributed by atoms with Crippen molar-refractivity contribution in [3.8, 4) is 11.5 Å². The third-order valence-electron chi connectivity index (χ3n) is 2.83. The third kappa shape index (κ3) is 4.23. The van der Waals surface area contributed by atoms with Gasteiger partial charge in [0.15, 0.2) is 0 Å². The Morgan fingerprint density at radius 1 is 1.25 bits per heavy atom. The zero-order valence-electron chi connectivity index (χ0n) is 11.6. The van der Waals surface area contributed by atoms with Crippen molar-refractivity contribution in [3.63, 3.8) is 0 Å². The monoisotopic (exact) mass is 355 g/mol. The van der Waals surface area contributed by atoms with Crippen LogP contribution in [0.2, 0.25) is 0 Å². The van der Waals surface area contributed by atoms with E-state index in [0.717, 1.165) is 33.9 Å². The molecule has 0 saturated heterocycles. The van der Waals surface area contributed by atoms with Crippen molar-refractivity contribution < 1.29 is 9.47 Å². The predicted octanol–water partition coefficient (Wildman–Crippen LogP) is 4.21. The minimum Gasteiger partial charge on any atom is -0.497 e. The Labute approximate surface area is 132 Å². The molecule has 2 aromatic rings. The maximum absolute atomic E-state index is 5.93. The molecule has 108 valence electrons. The second-order valence-corrected chi connectivity index (χ2v) is 6.80. The fourth-order valence-electron chi connectivity index (χ4n) is 1.80. The topological polar surface area (TPSA) is 30.5 Å². The summed E-state index contributed by atoms with van der Waals surface area (Å²) < 4.78 is 12.3. The van der Waals surface area contributed by atoms with Gasteiger partial charge in [0.1, 0.15) is 18.1 Å². The lowest BCUT2D eigenvalue weighted by Crippen LogP contribution is -2.13. The molecule has 1 aromatic carbocycles. The van der Waals surface area contributed by atoms with Gasteiger partial charge in [-0.05, 0) is 52.8 Å². The molecule has 0 amide bonds. The maximum atomic E-state index is 5.93. The van der Waals surface area contributed by atoms with E-state index in [9.17, 15) is 0 Å². The standard InChI is InChI=1S/C15H18BrNO2S/c1-3-17-9-11-8-12(18-2)4-6-14(11)19-10-13-5-7-15(16)20-13/h4-8,17H,3,9-10H2,1-2H3. The number of thiophene rings is 1. The molecule has 20 heavy (non-hydrogen) atoms. The molecule has 5 heteroatoms. The van der Waals surface area contributed by atoms with E-state index in [0.29, 0.717) is 6.61 Å². The largest absolute Gasteiger partial charge is 0.497 e. The Bertz CT molecular complexity index is 557. The molecule has 1 N–H and O–H groups in total. The summed E-state index contributed by atoms with van der Waals surface area (Å²) in [5, 5.41) is 3.32. The summed E-state index contributed by atoms with van der Waals surface area (Å²) in [4.78, 5) is 1.20. The number of methoxy groups -OCH3 is 1. The number of halogens is 1. The highest BCUT2D eigenvalue weighted by Gasteiger charge is 2.07. The van der Waals surface area contributed by atoms with Crippen molar-refractivity contribution >= 4 is 27.3 Å². The van der Waals surface area contributed by atoms with Crippen molar-refractivity contribution in [1.29, 1.82) is 0 Å². The fourth-order valence-corrected chi connectivity index (χ4v) is 3.20. The quantitative estimate of drug-likeness (QED) is 0.806. The zero-order valence-corrected chi connectivity index (χ0v) is 14.0. The summed E-state index contributed by atoms with van der Waals surface area (Å²) in [6, 6.07) is 10.0. The Morgan fingerprint density at radius 3 is 2.75 bits per heavy atom. The van der Waals surface area contributed by atoms with Gasteiger partial charge in [-0.15, -0.1) is 11.3 Å². The van der Waals surface area contributed by atoms with Gasteiger partial charge in [0.2, 0.25) is 0 Å². The highest BCUT2D eigenvalue weighted by molar-refractivity contribution is 9.11. The van der Waals surface area contributed by atoms with Crippen LogP contribution in [-0.2, 0) is 13.2 Å². The van der Waals surface area contributed by atoms with Crippen LogP contribution in [0, 0.1) is 0 Å². The van der Waals surface area contributed by atoms with Gasteiger partial charge in [-0.2, -0.15) is 0 Å². The summed E-state index contributed by atoms with van der Waals surface area (Å²) in [6.45, 7) is 4.37. The SMILES string of the molecule is CCNCc1cc(OC)ccc1OCc1ccc(Br)s1. The van der Waals surface area contributed by atoms with Crippen LogP contribution in [0.5, 0.6) is 11.5 Å². The van der Waals surface area contributed by atoms with Crippen molar-refractivity contribution in [1.82, 2.24) is 5.32 Å². The van der Waals surface area contributed by atoms with Crippen LogP contribution >= 0.6 is 27.3 Å².